The molecule has 1 heterocycles. The maximum Gasteiger partial charge on any atom is 0.165 e. The number of nitrogens with one attached hydrogen (secondary N) is 1. The van der Waals surface area contributed by atoms with E-state index in [0.717, 1.165) is 43.0 Å². The van der Waals surface area contributed by atoms with Crippen LogP contribution >= 0.6 is 0 Å². The van der Waals surface area contributed by atoms with Crippen LogP contribution in [0.1, 0.15) is 39.2 Å². The van der Waals surface area contributed by atoms with Crippen LogP contribution in [0.5, 0.6) is 11.5 Å². The van der Waals surface area contributed by atoms with Crippen molar-refractivity contribution in [3.63, 3.8) is 0 Å². The van der Waals surface area contributed by atoms with E-state index in [0.29, 0.717) is 19.3 Å². The molecule has 0 amide bonds. The molecule has 1 aromatic rings. The van der Waals surface area contributed by atoms with E-state index in [1.165, 1.54) is 0 Å². The first-order valence-electron chi connectivity index (χ1n) is 7.98. The highest BCUT2D eigenvalue weighted by molar-refractivity contribution is 5.46. The normalized spacial score (nSPS) is 21.5. The van der Waals surface area contributed by atoms with E-state index >= 15 is 0 Å². The minimum Gasteiger partial charge on any atom is -0.490 e. The fraction of sp³-hybridized carbons (Fsp3) is 0.647. The number of rotatable bonds is 8. The summed E-state index contributed by atoms with van der Waals surface area (Å²) in [6.07, 6.45) is 2.73. The van der Waals surface area contributed by atoms with Gasteiger partial charge in [-0.2, -0.15) is 0 Å². The molecule has 0 aromatic heterocycles. The van der Waals surface area contributed by atoms with Gasteiger partial charge in [-0.25, -0.2) is 0 Å². The molecule has 0 bridgehead atoms. The Kier molecular flexibility index (Phi) is 6.33. The van der Waals surface area contributed by atoms with E-state index in [9.17, 15) is 0 Å². The Morgan fingerprint density at radius 2 is 2.10 bits per heavy atom. The molecule has 2 rings (SSSR count). The molecule has 4 heteroatoms. The first kappa shape index (κ1) is 16.1. The number of hydrogen-bond acceptors (Lipinski definition) is 4. The molecule has 0 radical (unpaired) electrons. The summed E-state index contributed by atoms with van der Waals surface area (Å²) < 4.78 is 17.6. The van der Waals surface area contributed by atoms with E-state index in [1.54, 1.807) is 0 Å². The zero-order valence-corrected chi connectivity index (χ0v) is 13.4. The van der Waals surface area contributed by atoms with E-state index in [-0.39, 0.29) is 6.10 Å². The van der Waals surface area contributed by atoms with Gasteiger partial charge in [0.05, 0.1) is 18.8 Å². The summed E-state index contributed by atoms with van der Waals surface area (Å²) in [4.78, 5) is 0. The number of benzene rings is 1. The zero-order valence-electron chi connectivity index (χ0n) is 13.4. The molecule has 2 atom stereocenters. The first-order valence-corrected chi connectivity index (χ1v) is 7.98. The highest BCUT2D eigenvalue weighted by Gasteiger charge is 2.23. The Morgan fingerprint density at radius 3 is 2.76 bits per heavy atom. The van der Waals surface area contributed by atoms with Crippen molar-refractivity contribution in [1.29, 1.82) is 0 Å². The third kappa shape index (κ3) is 4.61. The summed E-state index contributed by atoms with van der Waals surface area (Å²) in [5.74, 6) is 1.67. The lowest BCUT2D eigenvalue weighted by molar-refractivity contribution is 0.0255. The number of ether oxygens (including phenoxy) is 3. The summed E-state index contributed by atoms with van der Waals surface area (Å²) >= 11 is 0. The zero-order chi connectivity index (χ0) is 15.1. The topological polar surface area (TPSA) is 39.7 Å². The van der Waals surface area contributed by atoms with Gasteiger partial charge >= 0.3 is 0 Å². The van der Waals surface area contributed by atoms with E-state index in [1.807, 2.05) is 19.1 Å². The van der Waals surface area contributed by atoms with Crippen LogP contribution in [0.4, 0.5) is 0 Å². The van der Waals surface area contributed by atoms with Crippen molar-refractivity contribution in [1.82, 2.24) is 5.32 Å². The molecule has 118 valence electrons. The van der Waals surface area contributed by atoms with Crippen LogP contribution in [-0.2, 0) is 11.3 Å². The second kappa shape index (κ2) is 8.25. The van der Waals surface area contributed by atoms with E-state index < -0.39 is 0 Å². The number of hydrogen-bond donors (Lipinski definition) is 1. The average molecular weight is 293 g/mol. The van der Waals surface area contributed by atoms with Crippen molar-refractivity contribution in [2.45, 2.75) is 52.4 Å². The molecule has 1 N–H and O–H groups in total. The van der Waals surface area contributed by atoms with Gasteiger partial charge in [-0.3, -0.25) is 0 Å². The molecule has 21 heavy (non-hydrogen) atoms. The Morgan fingerprint density at radius 1 is 1.24 bits per heavy atom. The largest absolute Gasteiger partial charge is 0.490 e. The average Bonchev–Trinajstić information content (AvgIpc) is 2.90. The Labute approximate surface area is 127 Å². The maximum absolute atomic E-state index is 6.06. The molecule has 0 saturated carbocycles. The molecular formula is C17H27NO3. The van der Waals surface area contributed by atoms with Gasteiger partial charge in [0.1, 0.15) is 6.61 Å². The molecule has 0 aliphatic carbocycles. The van der Waals surface area contributed by atoms with E-state index in [2.05, 4.69) is 25.2 Å². The van der Waals surface area contributed by atoms with Crippen molar-refractivity contribution in [3.05, 3.63) is 23.8 Å². The van der Waals surface area contributed by atoms with Gasteiger partial charge in [0, 0.05) is 12.1 Å². The summed E-state index contributed by atoms with van der Waals surface area (Å²) in [6.45, 7) is 9.15. The lowest BCUT2D eigenvalue weighted by Crippen LogP contribution is -2.20. The summed E-state index contributed by atoms with van der Waals surface area (Å²) in [6, 6.07) is 6.06. The summed E-state index contributed by atoms with van der Waals surface area (Å²) in [5.41, 5.74) is 1.13. The lowest BCUT2D eigenvalue weighted by Gasteiger charge is -2.18. The first-order chi connectivity index (χ1) is 10.2. The fourth-order valence-electron chi connectivity index (χ4n) is 2.58. The standard InChI is InChI=1S/C17H27NO3/c1-4-18-11-14-7-6-8-16(19-5-2)17(14)20-12-15-10-9-13(3)21-15/h6-8,13,15,18H,4-5,9-12H2,1-3H3. The van der Waals surface area contributed by atoms with Crippen LogP contribution in [0.2, 0.25) is 0 Å². The molecule has 1 aliphatic heterocycles. The second-order valence-corrected chi connectivity index (χ2v) is 5.41. The van der Waals surface area contributed by atoms with Crippen molar-refractivity contribution in [2.75, 3.05) is 19.8 Å². The quantitative estimate of drug-likeness (QED) is 0.799. The van der Waals surface area contributed by atoms with E-state index in [4.69, 9.17) is 14.2 Å². The molecule has 1 saturated heterocycles. The number of para-hydroxylation sites is 1. The van der Waals surface area contributed by atoms with Gasteiger partial charge < -0.3 is 19.5 Å². The van der Waals surface area contributed by atoms with Crippen LogP contribution in [-0.4, -0.2) is 32.0 Å². The predicted molar refractivity (Wildman–Crippen MR) is 84.1 cm³/mol. The third-order valence-corrected chi connectivity index (χ3v) is 3.66. The van der Waals surface area contributed by atoms with Crippen molar-refractivity contribution in [3.8, 4) is 11.5 Å². The highest BCUT2D eigenvalue weighted by atomic mass is 16.6. The minimum absolute atomic E-state index is 0.196. The Hall–Kier alpha value is -1.26. The van der Waals surface area contributed by atoms with Gasteiger partial charge in [-0.1, -0.05) is 19.1 Å². The van der Waals surface area contributed by atoms with Crippen LogP contribution in [0, 0.1) is 0 Å². The highest BCUT2D eigenvalue weighted by Crippen LogP contribution is 2.32. The van der Waals surface area contributed by atoms with Gasteiger partial charge in [-0.15, -0.1) is 0 Å². The molecule has 1 fully saturated rings. The lowest BCUT2D eigenvalue weighted by atomic mass is 10.1. The molecule has 1 aromatic carbocycles. The molecule has 0 spiro atoms. The van der Waals surface area contributed by atoms with Crippen LogP contribution in [0.15, 0.2) is 18.2 Å². The van der Waals surface area contributed by atoms with Crippen LogP contribution in [0.3, 0.4) is 0 Å². The molecule has 1 aliphatic rings. The smallest absolute Gasteiger partial charge is 0.165 e. The van der Waals surface area contributed by atoms with Gasteiger partial charge in [0.25, 0.3) is 0 Å². The SMILES string of the molecule is CCNCc1cccc(OCC)c1OCC1CCC(C)O1. The Balaban J connectivity index is 2.05. The molecule has 2 unspecified atom stereocenters. The van der Waals surface area contributed by atoms with Gasteiger partial charge in [-0.05, 0) is 39.3 Å². The van der Waals surface area contributed by atoms with Crippen molar-refractivity contribution >= 4 is 0 Å². The van der Waals surface area contributed by atoms with Crippen molar-refractivity contribution < 1.29 is 14.2 Å². The predicted octanol–water partition coefficient (Wildman–Crippen LogP) is 3.14. The maximum atomic E-state index is 6.06. The monoisotopic (exact) mass is 293 g/mol. The summed E-state index contributed by atoms with van der Waals surface area (Å²) in [5, 5.41) is 3.34. The fourth-order valence-corrected chi connectivity index (χ4v) is 2.58. The Bertz CT molecular complexity index is 436. The van der Waals surface area contributed by atoms with Crippen LogP contribution < -0.4 is 14.8 Å². The molecular weight excluding hydrogens is 266 g/mol. The van der Waals surface area contributed by atoms with Crippen molar-refractivity contribution in [2.24, 2.45) is 0 Å². The minimum atomic E-state index is 0.196. The van der Waals surface area contributed by atoms with Crippen LogP contribution in [0.25, 0.3) is 0 Å². The third-order valence-electron chi connectivity index (χ3n) is 3.66. The van der Waals surface area contributed by atoms with Gasteiger partial charge in [0.2, 0.25) is 0 Å². The summed E-state index contributed by atoms with van der Waals surface area (Å²) in [7, 11) is 0. The molecule has 4 nitrogen and oxygen atoms in total. The second-order valence-electron chi connectivity index (χ2n) is 5.41. The van der Waals surface area contributed by atoms with Gasteiger partial charge in [0.15, 0.2) is 11.5 Å².